The standard InChI is InChI=1S/C12H14ClN5O/c13-11-4-2-1-3-9(11)7-18-8-10(16-17-18)6-15-12(19)5-14/h1-4,8H,5-7,14H2,(H,15,19). The van der Waals surface area contributed by atoms with Gasteiger partial charge in [0.1, 0.15) is 5.69 Å². The van der Waals surface area contributed by atoms with Gasteiger partial charge >= 0.3 is 0 Å². The second-order valence-electron chi connectivity index (χ2n) is 3.98. The molecule has 0 aliphatic heterocycles. The first kappa shape index (κ1) is 13.5. The number of hydrogen-bond acceptors (Lipinski definition) is 4. The molecule has 2 rings (SSSR count). The quantitative estimate of drug-likeness (QED) is 0.837. The lowest BCUT2D eigenvalue weighted by atomic mass is 10.2. The van der Waals surface area contributed by atoms with E-state index in [-0.39, 0.29) is 12.5 Å². The Morgan fingerprint density at radius 2 is 2.21 bits per heavy atom. The van der Waals surface area contributed by atoms with Gasteiger partial charge in [0, 0.05) is 5.02 Å². The van der Waals surface area contributed by atoms with Crippen molar-refractivity contribution in [2.45, 2.75) is 13.1 Å². The van der Waals surface area contributed by atoms with Gasteiger partial charge in [-0.15, -0.1) is 5.10 Å². The third-order valence-electron chi connectivity index (χ3n) is 2.53. The summed E-state index contributed by atoms with van der Waals surface area (Å²) in [5.41, 5.74) is 6.83. The van der Waals surface area contributed by atoms with E-state index >= 15 is 0 Å². The Bertz CT molecular complexity index is 569. The van der Waals surface area contributed by atoms with E-state index in [1.807, 2.05) is 24.3 Å². The minimum absolute atomic E-state index is 0.0340. The van der Waals surface area contributed by atoms with Gasteiger partial charge in [0.05, 0.1) is 25.8 Å². The molecule has 0 aliphatic carbocycles. The number of halogens is 1. The van der Waals surface area contributed by atoms with E-state index in [4.69, 9.17) is 17.3 Å². The zero-order chi connectivity index (χ0) is 13.7. The summed E-state index contributed by atoms with van der Waals surface area (Å²) in [6.07, 6.45) is 1.76. The third-order valence-corrected chi connectivity index (χ3v) is 2.90. The topological polar surface area (TPSA) is 85.8 Å². The number of carbonyl (C=O) groups is 1. The number of carbonyl (C=O) groups excluding carboxylic acids is 1. The largest absolute Gasteiger partial charge is 0.349 e. The second-order valence-corrected chi connectivity index (χ2v) is 4.39. The van der Waals surface area contributed by atoms with Gasteiger partial charge < -0.3 is 11.1 Å². The molecule has 0 bridgehead atoms. The van der Waals surface area contributed by atoms with Crippen molar-refractivity contribution in [3.8, 4) is 0 Å². The Balaban J connectivity index is 1.98. The van der Waals surface area contributed by atoms with E-state index in [1.165, 1.54) is 0 Å². The zero-order valence-corrected chi connectivity index (χ0v) is 11.0. The van der Waals surface area contributed by atoms with E-state index in [9.17, 15) is 4.79 Å². The van der Waals surface area contributed by atoms with Gasteiger partial charge in [-0.25, -0.2) is 4.68 Å². The fraction of sp³-hybridized carbons (Fsp3) is 0.250. The SMILES string of the molecule is NCC(=O)NCc1cn(Cc2ccccc2Cl)nn1. The summed E-state index contributed by atoms with van der Waals surface area (Å²) in [7, 11) is 0. The predicted molar refractivity (Wildman–Crippen MR) is 71.5 cm³/mol. The van der Waals surface area contributed by atoms with E-state index in [0.29, 0.717) is 23.8 Å². The highest BCUT2D eigenvalue weighted by atomic mass is 35.5. The van der Waals surface area contributed by atoms with Gasteiger partial charge in [-0.2, -0.15) is 0 Å². The van der Waals surface area contributed by atoms with Gasteiger partial charge in [-0.1, -0.05) is 35.0 Å². The van der Waals surface area contributed by atoms with Crippen molar-refractivity contribution in [1.82, 2.24) is 20.3 Å². The van der Waals surface area contributed by atoms with Crippen molar-refractivity contribution in [2.24, 2.45) is 5.73 Å². The van der Waals surface area contributed by atoms with Crippen LogP contribution in [0.5, 0.6) is 0 Å². The van der Waals surface area contributed by atoms with Crippen LogP contribution in [0.3, 0.4) is 0 Å². The van der Waals surface area contributed by atoms with Gasteiger partial charge in [0.15, 0.2) is 0 Å². The van der Waals surface area contributed by atoms with Crippen molar-refractivity contribution < 1.29 is 4.79 Å². The maximum Gasteiger partial charge on any atom is 0.234 e. The zero-order valence-electron chi connectivity index (χ0n) is 10.2. The Morgan fingerprint density at radius 1 is 1.42 bits per heavy atom. The molecule has 6 nitrogen and oxygen atoms in total. The minimum Gasteiger partial charge on any atom is -0.349 e. The summed E-state index contributed by atoms with van der Waals surface area (Å²) in [6.45, 7) is 0.823. The fourth-order valence-electron chi connectivity index (χ4n) is 1.56. The summed E-state index contributed by atoms with van der Waals surface area (Å²) in [5.74, 6) is -0.222. The molecule has 0 unspecified atom stereocenters. The highest BCUT2D eigenvalue weighted by Crippen LogP contribution is 2.15. The first-order valence-corrected chi connectivity index (χ1v) is 6.16. The Kier molecular flexibility index (Phi) is 4.48. The lowest BCUT2D eigenvalue weighted by Gasteiger charge is -2.02. The van der Waals surface area contributed by atoms with E-state index in [2.05, 4.69) is 15.6 Å². The number of nitrogens with one attached hydrogen (secondary N) is 1. The average Bonchev–Trinajstić information content (AvgIpc) is 2.86. The third kappa shape index (κ3) is 3.77. The number of amides is 1. The van der Waals surface area contributed by atoms with Crippen LogP contribution in [0.15, 0.2) is 30.5 Å². The molecule has 0 spiro atoms. The molecule has 0 aliphatic rings. The molecule has 2 aromatic rings. The number of nitrogens with two attached hydrogens (primary N) is 1. The van der Waals surface area contributed by atoms with Gasteiger partial charge in [-0.3, -0.25) is 4.79 Å². The van der Waals surface area contributed by atoms with Gasteiger partial charge in [0.2, 0.25) is 5.91 Å². The molecule has 1 heterocycles. The maximum absolute atomic E-state index is 11.0. The molecule has 7 heteroatoms. The van der Waals surface area contributed by atoms with Crippen LogP contribution in [0.1, 0.15) is 11.3 Å². The molecule has 19 heavy (non-hydrogen) atoms. The van der Waals surface area contributed by atoms with Crippen LogP contribution in [0, 0.1) is 0 Å². The molecule has 1 aromatic carbocycles. The van der Waals surface area contributed by atoms with E-state index < -0.39 is 0 Å². The molecule has 0 saturated heterocycles. The first-order valence-electron chi connectivity index (χ1n) is 5.78. The van der Waals surface area contributed by atoms with Crippen LogP contribution in [0.2, 0.25) is 5.02 Å². The predicted octanol–water partition coefficient (Wildman–Crippen LogP) is 0.555. The summed E-state index contributed by atoms with van der Waals surface area (Å²) in [6, 6.07) is 7.55. The molecule has 0 radical (unpaired) electrons. The Labute approximate surface area is 115 Å². The normalized spacial score (nSPS) is 10.4. The summed E-state index contributed by atoms with van der Waals surface area (Å²) < 4.78 is 1.67. The van der Waals surface area contributed by atoms with Crippen LogP contribution in [-0.2, 0) is 17.9 Å². The summed E-state index contributed by atoms with van der Waals surface area (Å²) in [5, 5.41) is 11.3. The summed E-state index contributed by atoms with van der Waals surface area (Å²) in [4.78, 5) is 11.0. The van der Waals surface area contributed by atoms with Crippen LogP contribution in [0.25, 0.3) is 0 Å². The van der Waals surface area contributed by atoms with E-state index in [1.54, 1.807) is 10.9 Å². The molecule has 1 aromatic heterocycles. The van der Waals surface area contributed by atoms with Crippen LogP contribution >= 0.6 is 11.6 Å². The first-order chi connectivity index (χ1) is 9.19. The van der Waals surface area contributed by atoms with Gasteiger partial charge in [0.25, 0.3) is 0 Å². The van der Waals surface area contributed by atoms with Crippen molar-refractivity contribution in [1.29, 1.82) is 0 Å². The molecule has 0 fully saturated rings. The maximum atomic E-state index is 11.0. The smallest absolute Gasteiger partial charge is 0.234 e. The highest BCUT2D eigenvalue weighted by molar-refractivity contribution is 6.31. The molecular weight excluding hydrogens is 266 g/mol. The molecule has 1 amide bonds. The van der Waals surface area contributed by atoms with Crippen molar-refractivity contribution in [3.05, 3.63) is 46.7 Å². The molecular formula is C12H14ClN5O. The minimum atomic E-state index is -0.222. The highest BCUT2D eigenvalue weighted by Gasteiger charge is 2.05. The fourth-order valence-corrected chi connectivity index (χ4v) is 1.75. The molecule has 0 atom stereocenters. The number of rotatable bonds is 5. The van der Waals surface area contributed by atoms with Gasteiger partial charge in [-0.05, 0) is 11.6 Å². The monoisotopic (exact) mass is 279 g/mol. The summed E-state index contributed by atoms with van der Waals surface area (Å²) >= 11 is 6.07. The van der Waals surface area contributed by atoms with Crippen molar-refractivity contribution >= 4 is 17.5 Å². The number of nitrogens with zero attached hydrogens (tertiary/aromatic N) is 3. The Hall–Kier alpha value is -1.92. The van der Waals surface area contributed by atoms with E-state index in [0.717, 1.165) is 5.56 Å². The second kappa shape index (κ2) is 6.31. The van der Waals surface area contributed by atoms with Crippen molar-refractivity contribution in [3.63, 3.8) is 0 Å². The Morgan fingerprint density at radius 3 is 2.95 bits per heavy atom. The molecule has 0 saturated carbocycles. The molecule has 100 valence electrons. The van der Waals surface area contributed by atoms with Crippen molar-refractivity contribution in [2.75, 3.05) is 6.54 Å². The lowest BCUT2D eigenvalue weighted by molar-refractivity contribution is -0.119. The number of benzene rings is 1. The molecule has 3 N–H and O–H groups in total. The van der Waals surface area contributed by atoms with Crippen LogP contribution < -0.4 is 11.1 Å². The number of hydrogen-bond donors (Lipinski definition) is 2. The van der Waals surface area contributed by atoms with Crippen LogP contribution in [-0.4, -0.2) is 27.4 Å². The van der Waals surface area contributed by atoms with Crippen LogP contribution in [0.4, 0.5) is 0 Å². The average molecular weight is 280 g/mol. The lowest BCUT2D eigenvalue weighted by Crippen LogP contribution is -2.29. The number of aromatic nitrogens is 3.